The molecule has 1 fully saturated rings. The number of para-hydroxylation sites is 2. The van der Waals surface area contributed by atoms with Crippen LogP contribution < -0.4 is 20.9 Å². The lowest BCUT2D eigenvalue weighted by molar-refractivity contribution is -0.118. The highest BCUT2D eigenvalue weighted by Crippen LogP contribution is 2.25. The van der Waals surface area contributed by atoms with Gasteiger partial charge < -0.3 is 25.0 Å². The Labute approximate surface area is 201 Å². The first-order valence-electron chi connectivity index (χ1n) is 11.4. The smallest absolute Gasteiger partial charge is 0.269 e. The summed E-state index contributed by atoms with van der Waals surface area (Å²) in [6, 6.07) is 11.3. The SMILES string of the molecule is CF.O=C1COc2ccc(CNCC3CN(CCn4c(=O)cnc5ccccc54)CC3O)nc2N1. The van der Waals surface area contributed by atoms with Crippen LogP contribution in [0.2, 0.25) is 0 Å². The van der Waals surface area contributed by atoms with Gasteiger partial charge in [-0.3, -0.25) is 18.9 Å². The fourth-order valence-electron chi connectivity index (χ4n) is 4.40. The van der Waals surface area contributed by atoms with E-state index in [1.54, 1.807) is 10.6 Å². The molecule has 0 saturated carbocycles. The number of nitrogens with zero attached hydrogens (tertiary/aromatic N) is 4. The molecule has 2 unspecified atom stereocenters. The Morgan fingerprint density at radius 3 is 2.86 bits per heavy atom. The second-order valence-electron chi connectivity index (χ2n) is 8.44. The summed E-state index contributed by atoms with van der Waals surface area (Å²) < 4.78 is 16.6. The van der Waals surface area contributed by atoms with Crippen LogP contribution in [0.25, 0.3) is 11.0 Å². The molecule has 1 aromatic carbocycles. The number of likely N-dealkylation sites (tertiary alicyclic amines) is 1. The molecule has 186 valence electrons. The number of aliphatic hydroxyl groups is 1. The van der Waals surface area contributed by atoms with Gasteiger partial charge in [0.15, 0.2) is 18.2 Å². The van der Waals surface area contributed by atoms with Crippen molar-refractivity contribution in [2.45, 2.75) is 19.2 Å². The van der Waals surface area contributed by atoms with E-state index in [1.807, 2.05) is 30.3 Å². The highest BCUT2D eigenvalue weighted by Gasteiger charge is 2.30. The van der Waals surface area contributed by atoms with Crippen molar-refractivity contribution in [1.82, 2.24) is 24.8 Å². The number of fused-ring (bicyclic) bond motifs is 2. The first-order valence-corrected chi connectivity index (χ1v) is 11.4. The highest BCUT2D eigenvalue weighted by atomic mass is 19.1. The molecule has 0 spiro atoms. The van der Waals surface area contributed by atoms with Gasteiger partial charge in [0.1, 0.15) is 0 Å². The van der Waals surface area contributed by atoms with Crippen molar-refractivity contribution in [2.75, 3.05) is 45.3 Å². The van der Waals surface area contributed by atoms with Gasteiger partial charge in [-0.1, -0.05) is 12.1 Å². The van der Waals surface area contributed by atoms with Gasteiger partial charge in [-0.15, -0.1) is 0 Å². The molecule has 2 atom stereocenters. The van der Waals surface area contributed by atoms with Crippen molar-refractivity contribution >= 4 is 22.8 Å². The van der Waals surface area contributed by atoms with E-state index in [2.05, 4.69) is 25.5 Å². The fraction of sp³-hybridized carbons (Fsp3) is 0.417. The summed E-state index contributed by atoms with van der Waals surface area (Å²) in [6.07, 6.45) is 0.924. The molecule has 1 amide bonds. The van der Waals surface area contributed by atoms with Gasteiger partial charge in [0.2, 0.25) is 0 Å². The average molecular weight is 485 g/mol. The molecule has 0 aliphatic carbocycles. The fourth-order valence-corrected chi connectivity index (χ4v) is 4.40. The topological polar surface area (TPSA) is 122 Å². The normalized spacial score (nSPS) is 19.5. The van der Waals surface area contributed by atoms with Crippen LogP contribution in [0, 0.1) is 5.92 Å². The number of ether oxygens (including phenoxy) is 1. The summed E-state index contributed by atoms with van der Waals surface area (Å²) in [5.74, 6) is 0.880. The van der Waals surface area contributed by atoms with E-state index >= 15 is 0 Å². The third-order valence-corrected chi connectivity index (χ3v) is 6.12. The summed E-state index contributed by atoms with van der Waals surface area (Å²) in [6.45, 7) is 3.70. The Balaban J connectivity index is 0.00000141. The van der Waals surface area contributed by atoms with Gasteiger partial charge in [-0.05, 0) is 24.3 Å². The van der Waals surface area contributed by atoms with Gasteiger partial charge in [0.25, 0.3) is 11.5 Å². The van der Waals surface area contributed by atoms with E-state index in [0.717, 1.165) is 23.3 Å². The van der Waals surface area contributed by atoms with Crippen LogP contribution in [0.5, 0.6) is 5.75 Å². The van der Waals surface area contributed by atoms with Crippen LogP contribution >= 0.6 is 0 Å². The van der Waals surface area contributed by atoms with Crippen molar-refractivity contribution in [3.8, 4) is 5.75 Å². The lowest BCUT2D eigenvalue weighted by Gasteiger charge is -2.18. The van der Waals surface area contributed by atoms with Gasteiger partial charge in [-0.2, -0.15) is 0 Å². The van der Waals surface area contributed by atoms with E-state index in [4.69, 9.17) is 4.74 Å². The monoisotopic (exact) mass is 484 g/mol. The van der Waals surface area contributed by atoms with Crippen molar-refractivity contribution < 1.29 is 19.0 Å². The Kier molecular flexibility index (Phi) is 8.01. The zero-order valence-corrected chi connectivity index (χ0v) is 19.5. The molecule has 2 aromatic heterocycles. The van der Waals surface area contributed by atoms with E-state index in [1.165, 1.54) is 6.20 Å². The quantitative estimate of drug-likeness (QED) is 0.450. The standard InChI is InChI=1S/C23H26N6O4.CH3F/c30-19-13-28(7-8-29-18-4-2-1-3-17(18)25-11-22(29)32)12-15(19)9-24-10-16-5-6-20-23(26-16)27-21(31)14-33-20;1-2/h1-6,11,15,19,24,30H,7-10,12-14H2,(H,26,27,31);1H3. The predicted molar refractivity (Wildman–Crippen MR) is 129 cm³/mol. The second kappa shape index (κ2) is 11.3. The molecule has 0 radical (unpaired) electrons. The summed E-state index contributed by atoms with van der Waals surface area (Å²) >= 11 is 0. The number of nitrogens with one attached hydrogen (secondary N) is 2. The van der Waals surface area contributed by atoms with Gasteiger partial charge in [0.05, 0.1) is 36.2 Å². The number of hydrogen-bond acceptors (Lipinski definition) is 8. The van der Waals surface area contributed by atoms with Crippen molar-refractivity contribution in [1.29, 1.82) is 0 Å². The summed E-state index contributed by atoms with van der Waals surface area (Å²) in [4.78, 5) is 34.6. The Morgan fingerprint density at radius 1 is 1.17 bits per heavy atom. The number of anilines is 1. The number of carbonyl (C=O) groups is 1. The number of benzene rings is 1. The molecule has 2 aliphatic rings. The predicted octanol–water partition coefficient (Wildman–Crippen LogP) is 0.791. The van der Waals surface area contributed by atoms with Crippen molar-refractivity contribution in [3.05, 3.63) is 58.6 Å². The maximum absolute atomic E-state index is 12.3. The van der Waals surface area contributed by atoms with Crippen molar-refractivity contribution in [2.24, 2.45) is 5.92 Å². The van der Waals surface area contributed by atoms with E-state index in [9.17, 15) is 19.1 Å². The Hall–Kier alpha value is -3.41. The van der Waals surface area contributed by atoms with Crippen LogP contribution in [-0.4, -0.2) is 76.5 Å². The molecule has 5 rings (SSSR count). The minimum absolute atomic E-state index is 0.00830. The number of aromatic nitrogens is 3. The molecular weight excluding hydrogens is 455 g/mol. The molecule has 10 nitrogen and oxygen atoms in total. The highest BCUT2D eigenvalue weighted by molar-refractivity contribution is 5.94. The zero-order valence-electron chi connectivity index (χ0n) is 19.5. The van der Waals surface area contributed by atoms with E-state index in [-0.39, 0.29) is 24.0 Å². The third-order valence-electron chi connectivity index (χ3n) is 6.12. The largest absolute Gasteiger partial charge is 0.480 e. The maximum atomic E-state index is 12.3. The lowest BCUT2D eigenvalue weighted by atomic mass is 10.1. The molecule has 1 saturated heterocycles. The molecule has 35 heavy (non-hydrogen) atoms. The van der Waals surface area contributed by atoms with Crippen LogP contribution in [0.4, 0.5) is 10.2 Å². The summed E-state index contributed by atoms with van der Waals surface area (Å²) in [5, 5.41) is 16.6. The van der Waals surface area contributed by atoms with Crippen LogP contribution in [-0.2, 0) is 17.9 Å². The Bertz CT molecular complexity index is 1240. The minimum atomic E-state index is -0.437. The van der Waals surface area contributed by atoms with Crippen LogP contribution in [0.3, 0.4) is 0 Å². The number of pyridine rings is 1. The number of amides is 1. The minimum Gasteiger partial charge on any atom is -0.480 e. The third kappa shape index (κ3) is 5.81. The molecule has 0 bridgehead atoms. The molecule has 3 aromatic rings. The van der Waals surface area contributed by atoms with E-state index in [0.29, 0.717) is 51.5 Å². The maximum Gasteiger partial charge on any atom is 0.269 e. The number of carbonyl (C=O) groups excluding carboxylic acids is 1. The number of rotatable bonds is 7. The number of β-amino-alcohol motifs (C(OH)–C–C–N with tert-alkyl or cyclic N) is 1. The van der Waals surface area contributed by atoms with Gasteiger partial charge in [-0.25, -0.2) is 9.97 Å². The van der Waals surface area contributed by atoms with Gasteiger partial charge >= 0.3 is 0 Å². The first kappa shape index (κ1) is 24.7. The van der Waals surface area contributed by atoms with Crippen molar-refractivity contribution in [3.63, 3.8) is 0 Å². The summed E-state index contributed by atoms with van der Waals surface area (Å²) in [7, 11) is 0.500. The molecular formula is C24H29FN6O4. The number of alkyl halides is 1. The Morgan fingerprint density at radius 2 is 2.00 bits per heavy atom. The molecule has 3 N–H and O–H groups in total. The molecule has 11 heteroatoms. The lowest BCUT2D eigenvalue weighted by Crippen LogP contribution is -2.31. The molecule has 4 heterocycles. The summed E-state index contributed by atoms with van der Waals surface area (Å²) in [5.41, 5.74) is 2.28. The number of aliphatic hydroxyl groups excluding tert-OH is 1. The average Bonchev–Trinajstić information content (AvgIpc) is 3.23. The first-order chi connectivity index (χ1) is 17.1. The van der Waals surface area contributed by atoms with Crippen LogP contribution in [0.1, 0.15) is 5.69 Å². The van der Waals surface area contributed by atoms with Crippen LogP contribution in [0.15, 0.2) is 47.4 Å². The number of halogens is 1. The van der Waals surface area contributed by atoms with Gasteiger partial charge in [0, 0.05) is 45.2 Å². The number of hydrogen-bond donors (Lipinski definition) is 3. The molecule has 2 aliphatic heterocycles. The second-order valence-corrected chi connectivity index (χ2v) is 8.44. The zero-order chi connectivity index (χ0) is 24.8. The van der Waals surface area contributed by atoms with E-state index < -0.39 is 6.10 Å².